The fourth-order valence-corrected chi connectivity index (χ4v) is 1.60. The van der Waals surface area contributed by atoms with Gasteiger partial charge in [0, 0.05) is 19.6 Å². The Labute approximate surface area is 94.7 Å². The van der Waals surface area contributed by atoms with Crippen molar-refractivity contribution in [3.05, 3.63) is 0 Å². The number of hydrogen-bond acceptors (Lipinski definition) is 3. The van der Waals surface area contributed by atoms with E-state index in [1.165, 1.54) is 0 Å². The lowest BCUT2D eigenvalue weighted by molar-refractivity contribution is 0.185. The lowest BCUT2D eigenvalue weighted by Gasteiger charge is -2.29. The molecule has 1 atom stereocenters. The van der Waals surface area contributed by atoms with E-state index in [0.29, 0.717) is 5.92 Å². The molecule has 0 spiro atoms. The third-order valence-electron chi connectivity index (χ3n) is 2.41. The monoisotopic (exact) mass is 211 g/mol. The predicted octanol–water partition coefficient (Wildman–Crippen LogP) is 1.81. The summed E-state index contributed by atoms with van der Waals surface area (Å²) in [6, 6.07) is 2.46. The fourth-order valence-electron chi connectivity index (χ4n) is 1.60. The molecule has 3 nitrogen and oxygen atoms in total. The van der Waals surface area contributed by atoms with E-state index in [2.05, 4.69) is 50.7 Å². The van der Waals surface area contributed by atoms with Crippen molar-refractivity contribution in [1.29, 1.82) is 5.26 Å². The molecule has 0 aromatic carbocycles. The summed E-state index contributed by atoms with van der Waals surface area (Å²) in [6.07, 6.45) is 0.913. The quantitative estimate of drug-likeness (QED) is 0.643. The highest BCUT2D eigenvalue weighted by Gasteiger charge is 2.16. The minimum Gasteiger partial charge on any atom is -0.308 e. The number of hydrogen-bond donors (Lipinski definition) is 0. The summed E-state index contributed by atoms with van der Waals surface area (Å²) in [4.78, 5) is 4.46. The molecule has 0 saturated carbocycles. The van der Waals surface area contributed by atoms with Crippen LogP contribution >= 0.6 is 0 Å². The average Bonchev–Trinajstić information content (AvgIpc) is 2.14. The zero-order valence-electron chi connectivity index (χ0n) is 10.8. The molecule has 0 aliphatic heterocycles. The van der Waals surface area contributed by atoms with E-state index in [1.807, 2.05) is 0 Å². The standard InChI is InChI=1S/C12H25N3/c1-6-12(9-13)15(10-11(2)3)8-7-14(4)5/h11-12H,6-8,10H2,1-5H3. The lowest BCUT2D eigenvalue weighted by atomic mass is 10.1. The van der Waals surface area contributed by atoms with Gasteiger partial charge >= 0.3 is 0 Å². The van der Waals surface area contributed by atoms with Gasteiger partial charge in [0.25, 0.3) is 0 Å². The molecule has 0 heterocycles. The molecule has 0 aliphatic carbocycles. The molecule has 0 aromatic heterocycles. The van der Waals surface area contributed by atoms with Crippen LogP contribution in [0.3, 0.4) is 0 Å². The van der Waals surface area contributed by atoms with Crippen LogP contribution in [0.5, 0.6) is 0 Å². The summed E-state index contributed by atoms with van der Waals surface area (Å²) in [5, 5.41) is 9.07. The van der Waals surface area contributed by atoms with Crippen LogP contribution in [0.25, 0.3) is 0 Å². The number of nitrogens with zero attached hydrogens (tertiary/aromatic N) is 3. The van der Waals surface area contributed by atoms with Gasteiger partial charge in [0.15, 0.2) is 0 Å². The lowest BCUT2D eigenvalue weighted by Crippen LogP contribution is -2.40. The Bertz CT molecular complexity index is 194. The summed E-state index contributed by atoms with van der Waals surface area (Å²) in [5.41, 5.74) is 0. The smallest absolute Gasteiger partial charge is 0.0975 e. The Kier molecular flexibility index (Phi) is 7.37. The Balaban J connectivity index is 4.23. The van der Waals surface area contributed by atoms with Crippen LogP contribution in [-0.2, 0) is 0 Å². The van der Waals surface area contributed by atoms with Gasteiger partial charge in [0.1, 0.15) is 0 Å². The van der Waals surface area contributed by atoms with Crippen molar-refractivity contribution in [3.63, 3.8) is 0 Å². The molecular weight excluding hydrogens is 186 g/mol. The maximum absolute atomic E-state index is 9.07. The van der Waals surface area contributed by atoms with Crippen LogP contribution < -0.4 is 0 Å². The van der Waals surface area contributed by atoms with E-state index in [0.717, 1.165) is 26.1 Å². The molecule has 0 saturated heterocycles. The maximum Gasteiger partial charge on any atom is 0.0975 e. The molecule has 1 unspecified atom stereocenters. The summed E-state index contributed by atoms with van der Waals surface area (Å²) < 4.78 is 0. The van der Waals surface area contributed by atoms with Crippen molar-refractivity contribution < 1.29 is 0 Å². The molecule has 0 N–H and O–H groups in total. The van der Waals surface area contributed by atoms with Crippen molar-refractivity contribution in [2.75, 3.05) is 33.7 Å². The Morgan fingerprint density at radius 2 is 1.80 bits per heavy atom. The van der Waals surface area contributed by atoms with Crippen LogP contribution in [0.4, 0.5) is 0 Å². The summed E-state index contributed by atoms with van der Waals surface area (Å²) in [5.74, 6) is 0.620. The molecule has 0 fully saturated rings. The van der Waals surface area contributed by atoms with Crippen LogP contribution in [0.15, 0.2) is 0 Å². The molecule has 0 bridgehead atoms. The van der Waals surface area contributed by atoms with Crippen molar-refractivity contribution in [2.24, 2.45) is 5.92 Å². The van der Waals surface area contributed by atoms with Gasteiger partial charge in [-0.3, -0.25) is 4.90 Å². The summed E-state index contributed by atoms with van der Waals surface area (Å²) in [7, 11) is 4.14. The van der Waals surface area contributed by atoms with Crippen LogP contribution in [0, 0.1) is 17.2 Å². The number of likely N-dealkylation sites (N-methyl/N-ethyl adjacent to an activating group) is 1. The van der Waals surface area contributed by atoms with E-state index >= 15 is 0 Å². The zero-order valence-corrected chi connectivity index (χ0v) is 10.8. The Morgan fingerprint density at radius 1 is 1.20 bits per heavy atom. The van der Waals surface area contributed by atoms with Gasteiger partial charge in [-0.25, -0.2) is 0 Å². The highest BCUT2D eigenvalue weighted by Crippen LogP contribution is 2.07. The average molecular weight is 211 g/mol. The van der Waals surface area contributed by atoms with Crippen molar-refractivity contribution in [3.8, 4) is 6.07 Å². The first-order valence-electron chi connectivity index (χ1n) is 5.79. The normalized spacial score (nSPS) is 13.5. The van der Waals surface area contributed by atoms with Crippen LogP contribution in [-0.4, -0.2) is 49.6 Å². The molecule has 0 amide bonds. The number of nitriles is 1. The van der Waals surface area contributed by atoms with Crippen LogP contribution in [0.2, 0.25) is 0 Å². The van der Waals surface area contributed by atoms with Gasteiger partial charge < -0.3 is 4.90 Å². The first kappa shape index (κ1) is 14.4. The second-order valence-electron chi connectivity index (χ2n) is 4.75. The van der Waals surface area contributed by atoms with Gasteiger partial charge in [-0.05, 0) is 26.4 Å². The largest absolute Gasteiger partial charge is 0.308 e. The van der Waals surface area contributed by atoms with Gasteiger partial charge in [0.05, 0.1) is 12.1 Å². The van der Waals surface area contributed by atoms with E-state index in [9.17, 15) is 0 Å². The number of rotatable bonds is 7. The summed E-state index contributed by atoms with van der Waals surface area (Å²) in [6.45, 7) is 9.50. The van der Waals surface area contributed by atoms with Gasteiger partial charge in [-0.1, -0.05) is 20.8 Å². The Morgan fingerprint density at radius 3 is 2.13 bits per heavy atom. The maximum atomic E-state index is 9.07. The van der Waals surface area contributed by atoms with Crippen molar-refractivity contribution in [1.82, 2.24) is 9.80 Å². The summed E-state index contributed by atoms with van der Waals surface area (Å²) >= 11 is 0. The van der Waals surface area contributed by atoms with E-state index in [4.69, 9.17) is 5.26 Å². The van der Waals surface area contributed by atoms with Gasteiger partial charge in [-0.2, -0.15) is 5.26 Å². The molecular formula is C12H25N3. The minimum absolute atomic E-state index is 0.0762. The Hall–Kier alpha value is -0.590. The molecule has 0 radical (unpaired) electrons. The molecule has 88 valence electrons. The zero-order chi connectivity index (χ0) is 11.8. The van der Waals surface area contributed by atoms with Crippen molar-refractivity contribution >= 4 is 0 Å². The first-order chi connectivity index (χ1) is 7.01. The topological polar surface area (TPSA) is 30.3 Å². The highest BCUT2D eigenvalue weighted by molar-refractivity contribution is 4.91. The van der Waals surface area contributed by atoms with Gasteiger partial charge in [0.2, 0.25) is 0 Å². The molecule has 0 rings (SSSR count). The molecule has 0 aliphatic rings. The fraction of sp³-hybridized carbons (Fsp3) is 0.917. The highest BCUT2D eigenvalue weighted by atomic mass is 15.2. The predicted molar refractivity (Wildman–Crippen MR) is 64.7 cm³/mol. The van der Waals surface area contributed by atoms with Crippen molar-refractivity contribution in [2.45, 2.75) is 33.2 Å². The second-order valence-corrected chi connectivity index (χ2v) is 4.75. The second kappa shape index (κ2) is 7.67. The van der Waals surface area contributed by atoms with E-state index in [1.54, 1.807) is 0 Å². The van der Waals surface area contributed by atoms with E-state index < -0.39 is 0 Å². The molecule has 3 heteroatoms. The van der Waals surface area contributed by atoms with Crippen LogP contribution in [0.1, 0.15) is 27.2 Å². The molecule has 15 heavy (non-hydrogen) atoms. The third-order valence-corrected chi connectivity index (χ3v) is 2.41. The SMILES string of the molecule is CCC(C#N)N(CCN(C)C)CC(C)C. The minimum atomic E-state index is 0.0762. The third kappa shape index (κ3) is 6.48. The molecule has 0 aromatic rings. The van der Waals surface area contributed by atoms with Gasteiger partial charge in [-0.15, -0.1) is 0 Å². The van der Waals surface area contributed by atoms with E-state index in [-0.39, 0.29) is 6.04 Å². The first-order valence-corrected chi connectivity index (χ1v) is 5.79.